The summed E-state index contributed by atoms with van der Waals surface area (Å²) in [5.74, 6) is -4.09. The van der Waals surface area contributed by atoms with Crippen molar-refractivity contribution in [3.05, 3.63) is 65.2 Å². The molecule has 0 spiro atoms. The molecule has 3 N–H and O–H groups in total. The van der Waals surface area contributed by atoms with Crippen LogP contribution < -0.4 is 15.4 Å². The SMILES string of the molecule is CC(C)[C@H](NC(=O)Oc1ccc2c(c1)C[C@@H](CCCCCCCCC[S@](=O)CCCC(F)(F)C(F)(F)F)[C@@H]1[C@@H]2CC[C@]2(C)[C@@H](O)CC[C@@H]12)C(=O)N[C@@H](Cc1ccccc1)C(=O)OC(C)(C)C. The van der Waals surface area contributed by atoms with Crippen molar-refractivity contribution < 1.29 is 55.1 Å². The molecule has 2 aromatic carbocycles. The van der Waals surface area contributed by atoms with Gasteiger partial charge in [0, 0.05) is 35.1 Å². The lowest BCUT2D eigenvalue weighted by Gasteiger charge is -2.53. The van der Waals surface area contributed by atoms with Gasteiger partial charge in [-0.2, -0.15) is 22.0 Å². The number of nitrogens with one attached hydrogen (secondary N) is 2. The molecule has 2 amide bonds. The number of aliphatic hydroxyl groups excluding tert-OH is 1. The number of hydrogen-bond acceptors (Lipinski definition) is 7. The minimum Gasteiger partial charge on any atom is -0.458 e. The van der Waals surface area contributed by atoms with Crippen LogP contribution in [0.3, 0.4) is 0 Å². The molecular weight excluding hydrogens is 880 g/mol. The highest BCUT2D eigenvalue weighted by Gasteiger charge is 2.57. The minimum absolute atomic E-state index is 0.108. The molecule has 0 unspecified atom stereocenters. The zero-order valence-corrected chi connectivity index (χ0v) is 40.5. The van der Waals surface area contributed by atoms with E-state index >= 15 is 0 Å². The Hall–Kier alpha value is -3.59. The molecule has 9 atom stereocenters. The van der Waals surface area contributed by atoms with Gasteiger partial charge in [-0.25, -0.2) is 9.59 Å². The maximum absolute atomic E-state index is 13.8. The normalized spacial score (nSPS) is 24.3. The number of hydrogen-bond donors (Lipinski definition) is 3. The highest BCUT2D eigenvalue weighted by Crippen LogP contribution is 2.63. The number of carbonyl (C=O) groups excluding carboxylic acids is 3. The molecule has 0 radical (unpaired) electrons. The number of rotatable bonds is 22. The van der Waals surface area contributed by atoms with Crippen molar-refractivity contribution in [1.29, 1.82) is 0 Å². The van der Waals surface area contributed by atoms with Crippen LogP contribution in [0.1, 0.15) is 154 Å². The van der Waals surface area contributed by atoms with E-state index < -0.39 is 71.4 Å². The van der Waals surface area contributed by atoms with Gasteiger partial charge >= 0.3 is 24.2 Å². The summed E-state index contributed by atoms with van der Waals surface area (Å²) in [6.45, 7) is 11.2. The van der Waals surface area contributed by atoms with E-state index in [1.165, 1.54) is 5.56 Å². The quantitative estimate of drug-likeness (QED) is 0.0608. The lowest BCUT2D eigenvalue weighted by Crippen LogP contribution is -2.55. The van der Waals surface area contributed by atoms with Gasteiger partial charge in [0.15, 0.2) is 0 Å². The predicted octanol–water partition coefficient (Wildman–Crippen LogP) is 11.2. The van der Waals surface area contributed by atoms with Gasteiger partial charge in [0.25, 0.3) is 0 Å². The summed E-state index contributed by atoms with van der Waals surface area (Å²) >= 11 is 0. The molecule has 3 aliphatic carbocycles. The first kappa shape index (κ1) is 53.4. The monoisotopic (exact) mass is 953 g/mol. The predicted molar refractivity (Wildman–Crippen MR) is 247 cm³/mol. The van der Waals surface area contributed by atoms with Gasteiger partial charge in [0.2, 0.25) is 5.91 Å². The van der Waals surface area contributed by atoms with Gasteiger partial charge in [0.1, 0.15) is 23.4 Å². The van der Waals surface area contributed by atoms with Crippen LogP contribution in [-0.2, 0) is 38.0 Å². The Morgan fingerprint density at radius 2 is 1.52 bits per heavy atom. The zero-order valence-electron chi connectivity index (χ0n) is 39.7. The molecular formula is C51H73F5N2O7S. The van der Waals surface area contributed by atoms with Crippen LogP contribution in [0.15, 0.2) is 48.5 Å². The Bertz CT molecular complexity index is 1940. The zero-order chi connectivity index (χ0) is 48.5. The van der Waals surface area contributed by atoms with Gasteiger partial charge in [-0.15, -0.1) is 0 Å². The second-order valence-electron chi connectivity index (χ2n) is 20.7. The Morgan fingerprint density at radius 1 is 0.864 bits per heavy atom. The lowest BCUT2D eigenvalue weighted by atomic mass is 9.52. The molecule has 2 aromatic rings. The highest BCUT2D eigenvalue weighted by atomic mass is 32.2. The number of halogens is 5. The number of aliphatic hydroxyl groups is 1. The first-order valence-electron chi connectivity index (χ1n) is 24.1. The van der Waals surface area contributed by atoms with Crippen molar-refractivity contribution in [3.8, 4) is 5.75 Å². The Kier molecular flexibility index (Phi) is 18.7. The minimum atomic E-state index is -5.58. The van der Waals surface area contributed by atoms with E-state index in [0.29, 0.717) is 41.6 Å². The summed E-state index contributed by atoms with van der Waals surface area (Å²) in [6, 6.07) is 13.2. The van der Waals surface area contributed by atoms with Crippen molar-refractivity contribution in [3.63, 3.8) is 0 Å². The van der Waals surface area contributed by atoms with Crippen molar-refractivity contribution in [2.24, 2.45) is 29.1 Å². The molecule has 0 saturated heterocycles. The molecule has 0 aromatic heterocycles. The van der Waals surface area contributed by atoms with E-state index in [0.717, 1.165) is 88.2 Å². The molecule has 2 fully saturated rings. The fourth-order valence-electron chi connectivity index (χ4n) is 10.8. The van der Waals surface area contributed by atoms with Crippen molar-refractivity contribution in [2.45, 2.75) is 186 Å². The number of carbonyl (C=O) groups is 3. The Morgan fingerprint density at radius 3 is 2.17 bits per heavy atom. The van der Waals surface area contributed by atoms with Gasteiger partial charge in [-0.3, -0.25) is 9.00 Å². The molecule has 0 heterocycles. The van der Waals surface area contributed by atoms with Crippen LogP contribution in [0, 0.1) is 29.1 Å². The number of unbranched alkanes of at least 4 members (excludes halogenated alkanes) is 6. The van der Waals surface area contributed by atoms with E-state index in [2.05, 4.69) is 23.6 Å². The van der Waals surface area contributed by atoms with E-state index in [9.17, 15) is 45.7 Å². The maximum atomic E-state index is 13.8. The third kappa shape index (κ3) is 14.5. The molecule has 0 aliphatic heterocycles. The van der Waals surface area contributed by atoms with Crippen LogP contribution in [-0.4, -0.2) is 74.7 Å². The molecule has 3 aliphatic rings. The third-order valence-corrected chi connectivity index (χ3v) is 15.8. The first-order valence-corrected chi connectivity index (χ1v) is 25.6. The molecule has 5 rings (SSSR count). The third-order valence-electron chi connectivity index (χ3n) is 14.3. The second kappa shape index (κ2) is 23.1. The van der Waals surface area contributed by atoms with Crippen LogP contribution in [0.5, 0.6) is 5.75 Å². The Labute approximate surface area is 391 Å². The fraction of sp³-hybridized carbons (Fsp3) is 0.706. The lowest BCUT2D eigenvalue weighted by molar-refractivity contribution is -0.284. The number of benzene rings is 2. The summed E-state index contributed by atoms with van der Waals surface area (Å²) in [4.78, 5) is 40.5. The molecule has 370 valence electrons. The van der Waals surface area contributed by atoms with Gasteiger partial charge in [-0.1, -0.05) is 95.7 Å². The van der Waals surface area contributed by atoms with Gasteiger partial charge in [-0.05, 0) is 136 Å². The van der Waals surface area contributed by atoms with Gasteiger partial charge in [0.05, 0.1) is 6.10 Å². The number of amides is 2. The van der Waals surface area contributed by atoms with Crippen molar-refractivity contribution in [1.82, 2.24) is 10.6 Å². The standard InChI is InChI=1S/C51H73F5N2O7S/c1-33(2)44(45(60)57-41(46(61)65-48(3,4)5)30-34-18-13-12-14-19-34)58-47(62)64-37-21-22-38-36(32-37)31-35(43-39(38)25-27-49(6)40(43)23-24-42(49)59)20-15-10-8-7-9-11-16-28-66(63)29-17-26-50(52,53)51(54,55)56/h12-14,18-19,21-22,32-33,35,39-44,59H,7-11,15-17,20,23-31H2,1-6H3,(H,57,60)(H,58,62)/t35-,39-,40+,41+,42+,43-,44+,49+,66+/m1/s1. The fourth-order valence-corrected chi connectivity index (χ4v) is 12.0. The molecule has 2 saturated carbocycles. The number of fused-ring (bicyclic) bond motifs is 5. The van der Waals surface area contributed by atoms with Crippen LogP contribution in [0.4, 0.5) is 26.7 Å². The molecule has 9 nitrogen and oxygen atoms in total. The summed E-state index contributed by atoms with van der Waals surface area (Å²) in [5, 5.41) is 16.7. The van der Waals surface area contributed by atoms with Crippen molar-refractivity contribution in [2.75, 3.05) is 11.5 Å². The smallest absolute Gasteiger partial charge is 0.453 e. The second-order valence-corrected chi connectivity index (χ2v) is 22.4. The van der Waals surface area contributed by atoms with Crippen LogP contribution in [0.2, 0.25) is 0 Å². The topological polar surface area (TPSA) is 131 Å². The van der Waals surface area contributed by atoms with E-state index in [1.54, 1.807) is 34.6 Å². The molecule has 66 heavy (non-hydrogen) atoms. The number of alkyl halides is 5. The van der Waals surface area contributed by atoms with E-state index in [1.807, 2.05) is 42.5 Å². The largest absolute Gasteiger partial charge is 0.458 e. The summed E-state index contributed by atoms with van der Waals surface area (Å²) < 4.78 is 87.1. The van der Waals surface area contributed by atoms with Gasteiger partial charge < -0.3 is 25.2 Å². The first-order chi connectivity index (χ1) is 31.0. The number of ether oxygens (including phenoxy) is 2. The summed E-state index contributed by atoms with van der Waals surface area (Å²) in [5.41, 5.74) is 2.39. The highest BCUT2D eigenvalue weighted by molar-refractivity contribution is 7.84. The average molecular weight is 953 g/mol. The van der Waals surface area contributed by atoms with E-state index in [-0.39, 0.29) is 29.6 Å². The van der Waals surface area contributed by atoms with Crippen molar-refractivity contribution >= 4 is 28.8 Å². The molecule has 0 bridgehead atoms. The summed E-state index contributed by atoms with van der Waals surface area (Å²) in [6.07, 6.45) is 3.90. The summed E-state index contributed by atoms with van der Waals surface area (Å²) in [7, 11) is -1.42. The van der Waals surface area contributed by atoms with E-state index in [4.69, 9.17) is 9.47 Å². The molecule has 15 heteroatoms. The maximum Gasteiger partial charge on any atom is 0.453 e. The Balaban J connectivity index is 1.15. The van der Waals surface area contributed by atoms with Crippen LogP contribution >= 0.6 is 0 Å². The van der Waals surface area contributed by atoms with Crippen LogP contribution in [0.25, 0.3) is 0 Å². The number of esters is 1. The average Bonchev–Trinajstić information content (AvgIpc) is 3.54.